The van der Waals surface area contributed by atoms with Gasteiger partial charge in [-0.05, 0) is 32.1 Å². The number of carbonyl (C=O) groups is 1. The van der Waals surface area contributed by atoms with Crippen LogP contribution in [-0.4, -0.2) is 12.1 Å². The van der Waals surface area contributed by atoms with E-state index in [4.69, 9.17) is 4.74 Å². The standard InChI is InChI=1S/C19H38O2/c1-4-7-10-11-14-17-19(20)21-18(15-12-8-5-2)16-13-9-6-3/h18H,4-17H2,1-3H3. The van der Waals surface area contributed by atoms with Gasteiger partial charge in [0.15, 0.2) is 0 Å². The van der Waals surface area contributed by atoms with E-state index >= 15 is 0 Å². The number of rotatable bonds is 15. The molecule has 0 amide bonds. The van der Waals surface area contributed by atoms with Crippen LogP contribution >= 0.6 is 0 Å². The third-order valence-electron chi connectivity index (χ3n) is 4.04. The van der Waals surface area contributed by atoms with Crippen LogP contribution in [0.15, 0.2) is 0 Å². The number of esters is 1. The molecular weight excluding hydrogens is 260 g/mol. The second kappa shape index (κ2) is 15.9. The van der Waals surface area contributed by atoms with E-state index in [-0.39, 0.29) is 12.1 Å². The number of carbonyl (C=O) groups excluding carboxylic acids is 1. The van der Waals surface area contributed by atoms with Crippen molar-refractivity contribution in [2.45, 2.75) is 117 Å². The Kier molecular flexibility index (Phi) is 15.5. The lowest BCUT2D eigenvalue weighted by Gasteiger charge is -2.18. The summed E-state index contributed by atoms with van der Waals surface area (Å²) in [5.74, 6) is 0.0319. The predicted molar refractivity (Wildman–Crippen MR) is 91.5 cm³/mol. The molecule has 0 fully saturated rings. The first-order valence-corrected chi connectivity index (χ1v) is 9.44. The summed E-state index contributed by atoms with van der Waals surface area (Å²) in [6, 6.07) is 0. The zero-order chi connectivity index (χ0) is 15.8. The zero-order valence-electron chi connectivity index (χ0n) is 14.8. The van der Waals surface area contributed by atoms with Crippen molar-refractivity contribution < 1.29 is 9.53 Å². The normalized spacial score (nSPS) is 11.0. The van der Waals surface area contributed by atoms with Crippen LogP contribution in [0.1, 0.15) is 111 Å². The molecule has 0 atom stereocenters. The van der Waals surface area contributed by atoms with Crippen molar-refractivity contribution in [3.63, 3.8) is 0 Å². The molecular formula is C19H38O2. The molecule has 0 spiro atoms. The van der Waals surface area contributed by atoms with Crippen LogP contribution in [0, 0.1) is 0 Å². The number of ether oxygens (including phenoxy) is 1. The summed E-state index contributed by atoms with van der Waals surface area (Å²) < 4.78 is 5.71. The summed E-state index contributed by atoms with van der Waals surface area (Å²) in [6.45, 7) is 6.65. The van der Waals surface area contributed by atoms with Crippen molar-refractivity contribution in [3.05, 3.63) is 0 Å². The fourth-order valence-electron chi connectivity index (χ4n) is 2.62. The van der Waals surface area contributed by atoms with Gasteiger partial charge in [-0.3, -0.25) is 4.79 Å². The van der Waals surface area contributed by atoms with Crippen LogP contribution in [0.4, 0.5) is 0 Å². The predicted octanol–water partition coefficient (Wildman–Crippen LogP) is 6.42. The molecule has 0 aliphatic heterocycles. The molecule has 0 bridgehead atoms. The fraction of sp³-hybridized carbons (Fsp3) is 0.947. The van der Waals surface area contributed by atoms with Crippen molar-refractivity contribution >= 4 is 5.97 Å². The summed E-state index contributed by atoms with van der Waals surface area (Å²) in [7, 11) is 0. The highest BCUT2D eigenvalue weighted by atomic mass is 16.5. The number of hydrogen-bond acceptors (Lipinski definition) is 2. The SMILES string of the molecule is CCCCCCCC(=O)OC(CCCCC)CCCCC. The Morgan fingerprint density at radius 1 is 0.714 bits per heavy atom. The van der Waals surface area contributed by atoms with E-state index in [9.17, 15) is 4.79 Å². The molecule has 2 heteroatoms. The van der Waals surface area contributed by atoms with Crippen LogP contribution in [0.25, 0.3) is 0 Å². The minimum atomic E-state index is 0.0319. The quantitative estimate of drug-likeness (QED) is 0.257. The minimum Gasteiger partial charge on any atom is -0.462 e. The van der Waals surface area contributed by atoms with E-state index in [2.05, 4.69) is 20.8 Å². The lowest BCUT2D eigenvalue weighted by molar-refractivity contribution is -0.150. The third kappa shape index (κ3) is 14.2. The van der Waals surface area contributed by atoms with E-state index < -0.39 is 0 Å². The van der Waals surface area contributed by atoms with Gasteiger partial charge >= 0.3 is 5.97 Å². The van der Waals surface area contributed by atoms with Crippen molar-refractivity contribution in [1.82, 2.24) is 0 Å². The Hall–Kier alpha value is -0.530. The molecule has 0 aromatic carbocycles. The van der Waals surface area contributed by atoms with Gasteiger partial charge < -0.3 is 4.74 Å². The van der Waals surface area contributed by atoms with Gasteiger partial charge in [-0.1, -0.05) is 72.1 Å². The highest BCUT2D eigenvalue weighted by Crippen LogP contribution is 2.16. The molecule has 0 saturated heterocycles. The first-order valence-electron chi connectivity index (χ1n) is 9.44. The average Bonchev–Trinajstić information content (AvgIpc) is 2.47. The van der Waals surface area contributed by atoms with Gasteiger partial charge in [0.1, 0.15) is 6.10 Å². The molecule has 0 unspecified atom stereocenters. The highest BCUT2D eigenvalue weighted by Gasteiger charge is 2.13. The maximum atomic E-state index is 11.9. The molecule has 126 valence electrons. The van der Waals surface area contributed by atoms with Crippen LogP contribution in [0.5, 0.6) is 0 Å². The van der Waals surface area contributed by atoms with E-state index in [0.29, 0.717) is 6.42 Å². The van der Waals surface area contributed by atoms with Gasteiger partial charge in [0.05, 0.1) is 0 Å². The van der Waals surface area contributed by atoms with E-state index in [0.717, 1.165) is 19.3 Å². The molecule has 0 heterocycles. The Bertz CT molecular complexity index is 216. The number of hydrogen-bond donors (Lipinski definition) is 0. The van der Waals surface area contributed by atoms with Gasteiger partial charge in [-0.2, -0.15) is 0 Å². The molecule has 0 aromatic heterocycles. The Morgan fingerprint density at radius 3 is 1.71 bits per heavy atom. The van der Waals surface area contributed by atoms with Crippen molar-refractivity contribution in [3.8, 4) is 0 Å². The maximum Gasteiger partial charge on any atom is 0.306 e. The first kappa shape index (κ1) is 20.5. The zero-order valence-corrected chi connectivity index (χ0v) is 14.8. The fourth-order valence-corrected chi connectivity index (χ4v) is 2.62. The molecule has 0 rings (SSSR count). The van der Waals surface area contributed by atoms with E-state index in [1.807, 2.05) is 0 Å². The van der Waals surface area contributed by atoms with Crippen molar-refractivity contribution in [1.29, 1.82) is 0 Å². The molecule has 0 saturated carbocycles. The summed E-state index contributed by atoms with van der Waals surface area (Å²) in [5.41, 5.74) is 0. The molecule has 0 aromatic rings. The molecule has 21 heavy (non-hydrogen) atoms. The van der Waals surface area contributed by atoms with Gasteiger partial charge in [-0.15, -0.1) is 0 Å². The summed E-state index contributed by atoms with van der Waals surface area (Å²) in [4.78, 5) is 11.9. The van der Waals surface area contributed by atoms with Crippen molar-refractivity contribution in [2.24, 2.45) is 0 Å². The summed E-state index contributed by atoms with van der Waals surface area (Å²) >= 11 is 0. The van der Waals surface area contributed by atoms with Gasteiger partial charge in [0.2, 0.25) is 0 Å². The summed E-state index contributed by atoms with van der Waals surface area (Å²) in [6.07, 6.45) is 16.2. The van der Waals surface area contributed by atoms with Gasteiger partial charge in [-0.25, -0.2) is 0 Å². The molecule has 0 aliphatic carbocycles. The molecule has 0 radical (unpaired) electrons. The monoisotopic (exact) mass is 298 g/mol. The van der Waals surface area contributed by atoms with Gasteiger partial charge in [0, 0.05) is 6.42 Å². The van der Waals surface area contributed by atoms with E-state index in [1.165, 1.54) is 64.2 Å². The van der Waals surface area contributed by atoms with Crippen LogP contribution in [0.3, 0.4) is 0 Å². The van der Waals surface area contributed by atoms with Gasteiger partial charge in [0.25, 0.3) is 0 Å². The minimum absolute atomic E-state index is 0.0319. The first-order chi connectivity index (χ1) is 10.2. The third-order valence-corrected chi connectivity index (χ3v) is 4.04. The van der Waals surface area contributed by atoms with Crippen LogP contribution in [0.2, 0.25) is 0 Å². The van der Waals surface area contributed by atoms with Crippen molar-refractivity contribution in [2.75, 3.05) is 0 Å². The summed E-state index contributed by atoms with van der Waals surface area (Å²) in [5, 5.41) is 0. The van der Waals surface area contributed by atoms with E-state index in [1.54, 1.807) is 0 Å². The second-order valence-corrected chi connectivity index (χ2v) is 6.27. The lowest BCUT2D eigenvalue weighted by Crippen LogP contribution is -2.18. The lowest BCUT2D eigenvalue weighted by atomic mass is 10.0. The molecule has 2 nitrogen and oxygen atoms in total. The van der Waals surface area contributed by atoms with Crippen LogP contribution < -0.4 is 0 Å². The highest BCUT2D eigenvalue weighted by molar-refractivity contribution is 5.69. The molecule has 0 N–H and O–H groups in total. The Morgan fingerprint density at radius 2 is 1.19 bits per heavy atom. The topological polar surface area (TPSA) is 26.3 Å². The number of unbranched alkanes of at least 4 members (excludes halogenated alkanes) is 8. The Balaban J connectivity index is 3.85. The maximum absolute atomic E-state index is 11.9. The smallest absolute Gasteiger partial charge is 0.306 e. The largest absolute Gasteiger partial charge is 0.462 e. The second-order valence-electron chi connectivity index (χ2n) is 6.27. The Labute approximate surface area is 133 Å². The average molecular weight is 299 g/mol. The molecule has 0 aliphatic rings. The van der Waals surface area contributed by atoms with Crippen LogP contribution in [-0.2, 0) is 9.53 Å².